The Morgan fingerprint density at radius 2 is 1.91 bits per heavy atom. The van der Waals surface area contributed by atoms with Crippen LogP contribution in [-0.2, 0) is 19.5 Å². The topological polar surface area (TPSA) is 19.0 Å². The lowest BCUT2D eigenvalue weighted by Crippen LogP contribution is -2.29. The number of nitrogens with one attached hydrogen (secondary N) is 1. The summed E-state index contributed by atoms with van der Waals surface area (Å²) >= 11 is 3.59. The van der Waals surface area contributed by atoms with E-state index in [-0.39, 0.29) is 12.4 Å². The van der Waals surface area contributed by atoms with Gasteiger partial charge in [-0.3, -0.25) is 4.90 Å². The maximum atomic E-state index is 3.59. The van der Waals surface area contributed by atoms with Crippen LogP contribution in [0, 0.1) is 0 Å². The molecule has 2 aromatic carbocycles. The predicted molar refractivity (Wildman–Crippen MR) is 97.5 cm³/mol. The third-order valence-corrected chi connectivity index (χ3v) is 4.76. The second kappa shape index (κ2) is 6.45. The first-order valence-electron chi connectivity index (χ1n) is 7.35. The standard InChI is InChI=1S/C18H17BrN2.ClH/c19-14-6-7-17-15(10-14)16-12-21(9-8-18(16)20-17)11-13-4-2-1-3-5-13;/h1-7,10,20H,8-9,11-12H2;1H. The predicted octanol–water partition coefficient (Wildman–Crippen LogP) is 4.91. The zero-order chi connectivity index (χ0) is 14.2. The van der Waals surface area contributed by atoms with Crippen molar-refractivity contribution in [3.05, 3.63) is 69.8 Å². The van der Waals surface area contributed by atoms with Crippen molar-refractivity contribution in [2.45, 2.75) is 19.5 Å². The first-order chi connectivity index (χ1) is 10.3. The van der Waals surface area contributed by atoms with Crippen LogP contribution in [0.4, 0.5) is 0 Å². The molecular weight excluding hydrogens is 360 g/mol. The van der Waals surface area contributed by atoms with Crippen molar-refractivity contribution < 1.29 is 0 Å². The molecule has 4 heteroatoms. The van der Waals surface area contributed by atoms with Gasteiger partial charge in [0.1, 0.15) is 0 Å². The Morgan fingerprint density at radius 3 is 2.73 bits per heavy atom. The van der Waals surface area contributed by atoms with Gasteiger partial charge in [-0.15, -0.1) is 12.4 Å². The maximum Gasteiger partial charge on any atom is 0.0460 e. The van der Waals surface area contributed by atoms with Crippen molar-refractivity contribution in [2.75, 3.05) is 6.54 Å². The first kappa shape index (κ1) is 15.6. The van der Waals surface area contributed by atoms with E-state index in [1.165, 1.54) is 27.7 Å². The number of aromatic amines is 1. The number of rotatable bonds is 2. The van der Waals surface area contributed by atoms with E-state index < -0.39 is 0 Å². The van der Waals surface area contributed by atoms with Crippen molar-refractivity contribution in [2.24, 2.45) is 0 Å². The summed E-state index contributed by atoms with van der Waals surface area (Å²) in [6, 6.07) is 17.2. The molecule has 0 unspecified atom stereocenters. The van der Waals surface area contributed by atoms with Crippen LogP contribution in [0.5, 0.6) is 0 Å². The van der Waals surface area contributed by atoms with Crippen molar-refractivity contribution in [3.63, 3.8) is 0 Å². The number of fused-ring (bicyclic) bond motifs is 3. The molecule has 22 heavy (non-hydrogen) atoms. The molecule has 0 amide bonds. The molecule has 2 heterocycles. The van der Waals surface area contributed by atoms with Gasteiger partial charge in [-0.05, 0) is 29.3 Å². The smallest absolute Gasteiger partial charge is 0.0460 e. The van der Waals surface area contributed by atoms with Gasteiger partial charge in [-0.25, -0.2) is 0 Å². The van der Waals surface area contributed by atoms with E-state index in [0.29, 0.717) is 0 Å². The first-order valence-corrected chi connectivity index (χ1v) is 8.14. The van der Waals surface area contributed by atoms with Crippen LogP contribution in [0.1, 0.15) is 16.8 Å². The number of hydrogen-bond donors (Lipinski definition) is 1. The summed E-state index contributed by atoms with van der Waals surface area (Å²) in [5.74, 6) is 0. The van der Waals surface area contributed by atoms with Crippen LogP contribution in [0.15, 0.2) is 53.0 Å². The zero-order valence-corrected chi connectivity index (χ0v) is 14.6. The summed E-state index contributed by atoms with van der Waals surface area (Å²) in [6.07, 6.45) is 1.11. The molecule has 0 spiro atoms. The normalized spacial score (nSPS) is 14.6. The average Bonchev–Trinajstić information content (AvgIpc) is 2.86. The van der Waals surface area contributed by atoms with E-state index in [2.05, 4.69) is 74.3 Å². The van der Waals surface area contributed by atoms with Crippen LogP contribution in [-0.4, -0.2) is 16.4 Å². The molecule has 1 aliphatic heterocycles. The fourth-order valence-electron chi connectivity index (χ4n) is 3.22. The second-order valence-electron chi connectivity index (χ2n) is 5.72. The highest BCUT2D eigenvalue weighted by Gasteiger charge is 2.20. The number of hydrogen-bond acceptors (Lipinski definition) is 1. The molecule has 3 aromatic rings. The van der Waals surface area contributed by atoms with Crippen LogP contribution in [0.3, 0.4) is 0 Å². The monoisotopic (exact) mass is 376 g/mol. The highest BCUT2D eigenvalue weighted by atomic mass is 79.9. The Bertz CT molecular complexity index is 782. The van der Waals surface area contributed by atoms with Gasteiger partial charge in [0, 0.05) is 47.1 Å². The lowest BCUT2D eigenvalue weighted by molar-refractivity contribution is 0.245. The molecular formula is C18H18BrClN2. The van der Waals surface area contributed by atoms with E-state index in [1.54, 1.807) is 0 Å². The molecule has 0 atom stereocenters. The molecule has 114 valence electrons. The SMILES string of the molecule is Brc1ccc2[nH]c3c(c2c1)CN(Cc1ccccc1)CC3.Cl. The van der Waals surface area contributed by atoms with Crippen LogP contribution < -0.4 is 0 Å². The third-order valence-electron chi connectivity index (χ3n) is 4.27. The van der Waals surface area contributed by atoms with Gasteiger partial charge in [-0.2, -0.15) is 0 Å². The summed E-state index contributed by atoms with van der Waals surface area (Å²) in [7, 11) is 0. The number of aromatic nitrogens is 1. The number of halogens is 2. The van der Waals surface area contributed by atoms with Crippen molar-refractivity contribution in [1.29, 1.82) is 0 Å². The highest BCUT2D eigenvalue weighted by Crippen LogP contribution is 2.30. The van der Waals surface area contributed by atoms with Crippen molar-refractivity contribution in [1.82, 2.24) is 9.88 Å². The van der Waals surface area contributed by atoms with E-state index in [4.69, 9.17) is 0 Å². The van der Waals surface area contributed by atoms with Gasteiger partial charge < -0.3 is 4.98 Å². The van der Waals surface area contributed by atoms with Gasteiger partial charge in [0.2, 0.25) is 0 Å². The Hall–Kier alpha value is -1.29. The Kier molecular flexibility index (Phi) is 4.57. The molecule has 0 saturated carbocycles. The molecule has 1 N–H and O–H groups in total. The summed E-state index contributed by atoms with van der Waals surface area (Å²) < 4.78 is 1.15. The molecule has 0 saturated heterocycles. The molecule has 4 rings (SSSR count). The minimum absolute atomic E-state index is 0. The number of H-pyrrole nitrogens is 1. The van der Waals surface area contributed by atoms with E-state index in [9.17, 15) is 0 Å². The van der Waals surface area contributed by atoms with E-state index in [0.717, 1.165) is 30.5 Å². The molecule has 1 aromatic heterocycles. The highest BCUT2D eigenvalue weighted by molar-refractivity contribution is 9.10. The number of nitrogens with zero attached hydrogens (tertiary/aromatic N) is 1. The fraction of sp³-hybridized carbons (Fsp3) is 0.222. The summed E-state index contributed by atoms with van der Waals surface area (Å²) in [5.41, 5.74) is 5.52. The Balaban J connectivity index is 0.00000144. The zero-order valence-electron chi connectivity index (χ0n) is 12.2. The summed E-state index contributed by atoms with van der Waals surface area (Å²) in [4.78, 5) is 6.11. The summed E-state index contributed by atoms with van der Waals surface area (Å²) in [6.45, 7) is 3.18. The largest absolute Gasteiger partial charge is 0.358 e. The maximum absolute atomic E-state index is 3.59. The van der Waals surface area contributed by atoms with E-state index >= 15 is 0 Å². The molecule has 0 radical (unpaired) electrons. The Morgan fingerprint density at radius 1 is 1.09 bits per heavy atom. The van der Waals surface area contributed by atoms with Crippen LogP contribution in [0.25, 0.3) is 10.9 Å². The second-order valence-corrected chi connectivity index (χ2v) is 6.63. The molecule has 1 aliphatic rings. The van der Waals surface area contributed by atoms with E-state index in [1.807, 2.05) is 0 Å². The molecule has 0 bridgehead atoms. The quantitative estimate of drug-likeness (QED) is 0.672. The molecule has 2 nitrogen and oxygen atoms in total. The molecule has 0 aliphatic carbocycles. The molecule has 0 fully saturated rings. The van der Waals surface area contributed by atoms with Crippen LogP contribution >= 0.6 is 28.3 Å². The van der Waals surface area contributed by atoms with Crippen molar-refractivity contribution >= 4 is 39.2 Å². The Labute approximate surface area is 145 Å². The van der Waals surface area contributed by atoms with Crippen LogP contribution in [0.2, 0.25) is 0 Å². The van der Waals surface area contributed by atoms with Gasteiger partial charge >= 0.3 is 0 Å². The fourth-order valence-corrected chi connectivity index (χ4v) is 3.58. The average molecular weight is 378 g/mol. The lowest BCUT2D eigenvalue weighted by atomic mass is 10.0. The van der Waals surface area contributed by atoms with Crippen molar-refractivity contribution in [3.8, 4) is 0 Å². The lowest BCUT2D eigenvalue weighted by Gasteiger charge is -2.27. The van der Waals surface area contributed by atoms with Gasteiger partial charge in [0.25, 0.3) is 0 Å². The van der Waals surface area contributed by atoms with Gasteiger partial charge in [-0.1, -0.05) is 46.3 Å². The van der Waals surface area contributed by atoms with Gasteiger partial charge in [0.05, 0.1) is 0 Å². The number of benzene rings is 2. The minimum Gasteiger partial charge on any atom is -0.358 e. The van der Waals surface area contributed by atoms with Gasteiger partial charge in [0.15, 0.2) is 0 Å². The third kappa shape index (κ3) is 2.94. The summed E-state index contributed by atoms with van der Waals surface area (Å²) in [5, 5.41) is 1.36. The minimum atomic E-state index is 0.